The van der Waals surface area contributed by atoms with Crippen molar-refractivity contribution in [2.24, 2.45) is 0 Å². The van der Waals surface area contributed by atoms with Gasteiger partial charge in [-0.15, -0.1) is 0 Å². The summed E-state index contributed by atoms with van der Waals surface area (Å²) in [5, 5.41) is 9.41. The van der Waals surface area contributed by atoms with E-state index < -0.39 is 18.0 Å². The zero-order chi connectivity index (χ0) is 14.8. The van der Waals surface area contributed by atoms with Crippen molar-refractivity contribution < 1.29 is 24.2 Å². The molecule has 106 valence electrons. The predicted octanol–water partition coefficient (Wildman–Crippen LogP) is 1.33. The quantitative estimate of drug-likeness (QED) is 0.601. The summed E-state index contributed by atoms with van der Waals surface area (Å²) in [6.45, 7) is 2.72. The maximum atomic E-state index is 11.4. The average molecular weight is 276 g/mol. The SMILES string of the molecule is C=CC(=O)OCC(O)COC(=O)C=Cc1ccccc1. The molecule has 0 saturated heterocycles. The van der Waals surface area contributed by atoms with Crippen molar-refractivity contribution in [3.8, 4) is 0 Å². The lowest BCUT2D eigenvalue weighted by molar-refractivity contribution is -0.146. The predicted molar refractivity (Wildman–Crippen MR) is 73.6 cm³/mol. The van der Waals surface area contributed by atoms with Gasteiger partial charge in [-0.25, -0.2) is 9.59 Å². The van der Waals surface area contributed by atoms with E-state index in [1.54, 1.807) is 6.08 Å². The minimum atomic E-state index is -1.06. The third-order valence-electron chi connectivity index (χ3n) is 2.21. The Labute approximate surface area is 117 Å². The first-order chi connectivity index (χ1) is 9.61. The highest BCUT2D eigenvalue weighted by Gasteiger charge is 2.09. The van der Waals surface area contributed by atoms with Crippen LogP contribution < -0.4 is 0 Å². The van der Waals surface area contributed by atoms with Crippen molar-refractivity contribution in [2.75, 3.05) is 13.2 Å². The Hall–Kier alpha value is -2.40. The third-order valence-corrected chi connectivity index (χ3v) is 2.21. The Morgan fingerprint density at radius 2 is 1.75 bits per heavy atom. The Morgan fingerprint density at radius 3 is 2.35 bits per heavy atom. The van der Waals surface area contributed by atoms with Crippen LogP contribution in [0.4, 0.5) is 0 Å². The fraction of sp³-hybridized carbons (Fsp3) is 0.200. The first-order valence-electron chi connectivity index (χ1n) is 5.99. The van der Waals surface area contributed by atoms with E-state index in [1.165, 1.54) is 6.08 Å². The largest absolute Gasteiger partial charge is 0.460 e. The fourth-order valence-electron chi connectivity index (χ4n) is 1.24. The number of benzene rings is 1. The van der Waals surface area contributed by atoms with Gasteiger partial charge in [0, 0.05) is 12.2 Å². The second-order valence-corrected chi connectivity index (χ2v) is 3.86. The lowest BCUT2D eigenvalue weighted by Gasteiger charge is -2.09. The van der Waals surface area contributed by atoms with Crippen LogP contribution in [0.3, 0.4) is 0 Å². The molecular weight excluding hydrogens is 260 g/mol. The number of carbonyl (C=O) groups is 2. The van der Waals surface area contributed by atoms with Gasteiger partial charge in [0.15, 0.2) is 0 Å². The van der Waals surface area contributed by atoms with Crippen molar-refractivity contribution in [1.29, 1.82) is 0 Å². The summed E-state index contributed by atoms with van der Waals surface area (Å²) in [5.74, 6) is -1.22. The topological polar surface area (TPSA) is 72.8 Å². The molecule has 0 fully saturated rings. The average Bonchev–Trinajstić information content (AvgIpc) is 2.49. The Bertz CT molecular complexity index is 478. The Morgan fingerprint density at radius 1 is 1.15 bits per heavy atom. The molecule has 0 saturated carbocycles. The number of esters is 2. The Balaban J connectivity index is 2.27. The van der Waals surface area contributed by atoms with Crippen LogP contribution in [-0.4, -0.2) is 36.4 Å². The molecule has 20 heavy (non-hydrogen) atoms. The van der Waals surface area contributed by atoms with Gasteiger partial charge in [-0.1, -0.05) is 36.9 Å². The van der Waals surface area contributed by atoms with Crippen LogP contribution in [0, 0.1) is 0 Å². The lowest BCUT2D eigenvalue weighted by atomic mass is 10.2. The monoisotopic (exact) mass is 276 g/mol. The van der Waals surface area contributed by atoms with E-state index in [0.29, 0.717) is 0 Å². The molecule has 1 rings (SSSR count). The number of rotatable bonds is 7. The summed E-state index contributed by atoms with van der Waals surface area (Å²) >= 11 is 0. The van der Waals surface area contributed by atoms with Crippen LogP contribution in [0.2, 0.25) is 0 Å². The molecule has 0 bridgehead atoms. The van der Waals surface area contributed by atoms with Gasteiger partial charge in [0.05, 0.1) is 0 Å². The van der Waals surface area contributed by atoms with Crippen molar-refractivity contribution >= 4 is 18.0 Å². The summed E-state index contributed by atoms with van der Waals surface area (Å²) in [4.78, 5) is 22.1. The molecule has 1 N–H and O–H groups in total. The number of aliphatic hydroxyl groups excluding tert-OH is 1. The number of hydrogen-bond donors (Lipinski definition) is 1. The van der Waals surface area contributed by atoms with Gasteiger partial charge in [-0.05, 0) is 11.6 Å². The van der Waals surface area contributed by atoms with E-state index in [0.717, 1.165) is 11.6 Å². The van der Waals surface area contributed by atoms with E-state index in [-0.39, 0.29) is 13.2 Å². The highest BCUT2D eigenvalue weighted by Crippen LogP contribution is 2.01. The molecule has 5 heteroatoms. The molecule has 1 aromatic carbocycles. The fourth-order valence-corrected chi connectivity index (χ4v) is 1.24. The second-order valence-electron chi connectivity index (χ2n) is 3.86. The third kappa shape index (κ3) is 6.51. The van der Waals surface area contributed by atoms with E-state index in [9.17, 15) is 14.7 Å². The molecule has 0 aliphatic rings. The minimum Gasteiger partial charge on any atom is -0.460 e. The molecule has 0 heterocycles. The van der Waals surface area contributed by atoms with Gasteiger partial charge in [-0.3, -0.25) is 0 Å². The van der Waals surface area contributed by atoms with Gasteiger partial charge >= 0.3 is 11.9 Å². The van der Waals surface area contributed by atoms with Gasteiger partial charge in [0.25, 0.3) is 0 Å². The number of aliphatic hydroxyl groups is 1. The minimum absolute atomic E-state index is 0.248. The molecular formula is C15H16O5. The van der Waals surface area contributed by atoms with Crippen molar-refractivity contribution in [2.45, 2.75) is 6.10 Å². The molecule has 1 aromatic rings. The molecule has 0 aliphatic carbocycles. The summed E-state index contributed by atoms with van der Waals surface area (Å²) < 4.78 is 9.40. The van der Waals surface area contributed by atoms with Gasteiger partial charge in [0.2, 0.25) is 0 Å². The van der Waals surface area contributed by atoms with Crippen LogP contribution in [0.5, 0.6) is 0 Å². The summed E-state index contributed by atoms with van der Waals surface area (Å²) in [5.41, 5.74) is 0.866. The first-order valence-corrected chi connectivity index (χ1v) is 5.99. The number of carbonyl (C=O) groups excluding carboxylic acids is 2. The molecule has 0 amide bonds. The van der Waals surface area contributed by atoms with E-state index in [4.69, 9.17) is 4.74 Å². The van der Waals surface area contributed by atoms with E-state index >= 15 is 0 Å². The van der Waals surface area contributed by atoms with Crippen LogP contribution >= 0.6 is 0 Å². The van der Waals surface area contributed by atoms with Crippen molar-refractivity contribution in [3.05, 3.63) is 54.6 Å². The normalized spacial score (nSPS) is 11.8. The highest BCUT2D eigenvalue weighted by atomic mass is 16.6. The summed E-state index contributed by atoms with van der Waals surface area (Å²) in [6.07, 6.45) is 2.79. The standard InChI is InChI=1S/C15H16O5/c1-2-14(17)19-10-13(16)11-20-15(18)9-8-12-6-4-3-5-7-12/h2-9,13,16H,1,10-11H2. The van der Waals surface area contributed by atoms with Crippen LogP contribution in [0.15, 0.2) is 49.1 Å². The molecule has 0 aromatic heterocycles. The molecule has 5 nitrogen and oxygen atoms in total. The molecule has 0 aliphatic heterocycles. The number of hydrogen-bond acceptors (Lipinski definition) is 5. The van der Waals surface area contributed by atoms with Gasteiger partial charge in [-0.2, -0.15) is 0 Å². The Kier molecular flexibility index (Phi) is 6.78. The van der Waals surface area contributed by atoms with Crippen LogP contribution in [0.25, 0.3) is 6.08 Å². The zero-order valence-electron chi connectivity index (χ0n) is 10.9. The zero-order valence-corrected chi connectivity index (χ0v) is 10.9. The summed E-state index contributed by atoms with van der Waals surface area (Å²) in [6, 6.07) is 9.25. The summed E-state index contributed by atoms with van der Waals surface area (Å²) in [7, 11) is 0. The van der Waals surface area contributed by atoms with Crippen LogP contribution in [0.1, 0.15) is 5.56 Å². The molecule has 1 unspecified atom stereocenters. The van der Waals surface area contributed by atoms with E-state index in [1.807, 2.05) is 30.3 Å². The maximum Gasteiger partial charge on any atom is 0.330 e. The molecule has 0 radical (unpaired) electrons. The molecule has 1 atom stereocenters. The van der Waals surface area contributed by atoms with Crippen LogP contribution in [-0.2, 0) is 19.1 Å². The smallest absolute Gasteiger partial charge is 0.330 e. The first kappa shape index (κ1) is 15.7. The van der Waals surface area contributed by atoms with Crippen molar-refractivity contribution in [1.82, 2.24) is 0 Å². The lowest BCUT2D eigenvalue weighted by Crippen LogP contribution is -2.24. The highest BCUT2D eigenvalue weighted by molar-refractivity contribution is 5.87. The molecule has 0 spiro atoms. The number of ether oxygens (including phenoxy) is 2. The van der Waals surface area contributed by atoms with Gasteiger partial charge in [0.1, 0.15) is 19.3 Å². The second kappa shape index (κ2) is 8.66. The van der Waals surface area contributed by atoms with Crippen molar-refractivity contribution in [3.63, 3.8) is 0 Å². The van der Waals surface area contributed by atoms with E-state index in [2.05, 4.69) is 11.3 Å². The maximum absolute atomic E-state index is 11.4. The van der Waals surface area contributed by atoms with Gasteiger partial charge < -0.3 is 14.6 Å².